The number of nitrogens with one attached hydrogen (secondary N) is 1. The van der Waals surface area contributed by atoms with Crippen molar-refractivity contribution in [1.82, 2.24) is 20.1 Å². The summed E-state index contributed by atoms with van der Waals surface area (Å²) < 4.78 is 11.8. The van der Waals surface area contributed by atoms with Gasteiger partial charge in [-0.25, -0.2) is 0 Å². The summed E-state index contributed by atoms with van der Waals surface area (Å²) in [4.78, 5) is 22.1. The summed E-state index contributed by atoms with van der Waals surface area (Å²) in [6, 6.07) is 5.84. The molecule has 2 aliphatic rings. The molecule has 1 N–H and O–H groups in total. The summed E-state index contributed by atoms with van der Waals surface area (Å²) in [6.07, 6.45) is 5.08. The molecule has 7 heteroatoms. The molecule has 0 spiro atoms. The summed E-state index contributed by atoms with van der Waals surface area (Å²) in [5.74, 6) is 0.101. The van der Waals surface area contributed by atoms with Gasteiger partial charge in [-0.05, 0) is 59.1 Å². The van der Waals surface area contributed by atoms with E-state index in [0.717, 1.165) is 64.5 Å². The number of hydrogen-bond acceptors (Lipinski definition) is 6. The first kappa shape index (κ1) is 25.1. The van der Waals surface area contributed by atoms with Crippen LogP contribution in [-0.2, 0) is 20.7 Å². The molecule has 3 rings (SSSR count). The number of nitrogens with zero attached hydrogens (tertiary/aromatic N) is 3. The summed E-state index contributed by atoms with van der Waals surface area (Å²) in [7, 11) is 0. The summed E-state index contributed by atoms with van der Waals surface area (Å²) in [6.45, 7) is 15.8. The normalized spacial score (nSPS) is 24.5. The van der Waals surface area contributed by atoms with E-state index in [9.17, 15) is 4.79 Å². The van der Waals surface area contributed by atoms with E-state index >= 15 is 0 Å². The van der Waals surface area contributed by atoms with Gasteiger partial charge in [0.2, 0.25) is 5.91 Å². The Labute approximate surface area is 193 Å². The molecule has 2 fully saturated rings. The Morgan fingerprint density at radius 1 is 1.25 bits per heavy atom. The molecule has 0 radical (unpaired) electrons. The van der Waals surface area contributed by atoms with Gasteiger partial charge < -0.3 is 14.8 Å². The van der Waals surface area contributed by atoms with Crippen molar-refractivity contribution >= 4 is 5.91 Å². The number of carbonyl (C=O) groups excluding carboxylic acids is 1. The highest BCUT2D eigenvalue weighted by atomic mass is 16.5. The fourth-order valence-electron chi connectivity index (χ4n) is 4.98. The van der Waals surface area contributed by atoms with Gasteiger partial charge in [0.25, 0.3) is 0 Å². The van der Waals surface area contributed by atoms with Gasteiger partial charge in [-0.2, -0.15) is 0 Å². The molecular formula is C25H42N4O3. The topological polar surface area (TPSA) is 66.9 Å². The molecule has 3 heterocycles. The molecule has 1 unspecified atom stereocenters. The molecule has 32 heavy (non-hydrogen) atoms. The van der Waals surface area contributed by atoms with Crippen molar-refractivity contribution in [3.05, 3.63) is 30.1 Å². The average Bonchev–Trinajstić information content (AvgIpc) is 2.76. The minimum atomic E-state index is -0.181. The fraction of sp³-hybridized carbons (Fsp3) is 0.760. The number of amides is 1. The predicted octanol–water partition coefficient (Wildman–Crippen LogP) is 2.50. The van der Waals surface area contributed by atoms with Gasteiger partial charge in [-0.15, -0.1) is 0 Å². The number of hydrogen-bond donors (Lipinski definition) is 1. The zero-order chi connectivity index (χ0) is 23.0. The number of piperazine rings is 1. The summed E-state index contributed by atoms with van der Waals surface area (Å²) >= 11 is 0. The van der Waals surface area contributed by atoms with E-state index in [2.05, 4.69) is 47.8 Å². The maximum atomic E-state index is 12.7. The highest BCUT2D eigenvalue weighted by Crippen LogP contribution is 2.36. The molecule has 1 amide bonds. The second kappa shape index (κ2) is 11.5. The number of ether oxygens (including phenoxy) is 2. The van der Waals surface area contributed by atoms with Crippen molar-refractivity contribution in [3.63, 3.8) is 0 Å². The quantitative estimate of drug-likeness (QED) is 0.596. The number of aromatic nitrogens is 1. The van der Waals surface area contributed by atoms with E-state index in [1.165, 1.54) is 0 Å². The Balaban J connectivity index is 1.55. The first-order chi connectivity index (χ1) is 15.3. The van der Waals surface area contributed by atoms with E-state index in [1.54, 1.807) is 6.20 Å². The minimum Gasteiger partial charge on any atom is -0.377 e. The third-order valence-electron chi connectivity index (χ3n) is 6.67. The van der Waals surface area contributed by atoms with E-state index in [-0.39, 0.29) is 23.2 Å². The highest BCUT2D eigenvalue weighted by Gasteiger charge is 2.45. The molecule has 2 saturated heterocycles. The largest absolute Gasteiger partial charge is 0.377 e. The van der Waals surface area contributed by atoms with Crippen LogP contribution < -0.4 is 5.32 Å². The Bertz CT molecular complexity index is 704. The van der Waals surface area contributed by atoms with Crippen LogP contribution in [0.5, 0.6) is 0 Å². The maximum Gasteiger partial charge on any atom is 0.220 e. The van der Waals surface area contributed by atoms with Crippen molar-refractivity contribution < 1.29 is 14.3 Å². The monoisotopic (exact) mass is 446 g/mol. The van der Waals surface area contributed by atoms with Crippen LogP contribution in [0.4, 0.5) is 0 Å². The maximum absolute atomic E-state index is 12.7. The van der Waals surface area contributed by atoms with Crippen molar-refractivity contribution in [2.24, 2.45) is 0 Å². The smallest absolute Gasteiger partial charge is 0.220 e. The van der Waals surface area contributed by atoms with Gasteiger partial charge in [0.1, 0.15) is 0 Å². The van der Waals surface area contributed by atoms with Crippen molar-refractivity contribution in [2.45, 2.75) is 70.6 Å². The number of aryl methyl sites for hydroxylation is 1. The standard InChI is InChI=1S/C25H42N4O3/c1-21(2)31-18-16-28-12-14-29(15-13-28)25(10-17-32-24(3,4)19-25)20-27-23(30)9-8-22-7-5-6-11-26-22/h5-7,11,21H,8-10,12-20H2,1-4H3,(H,27,30). The van der Waals surface area contributed by atoms with Crippen LogP contribution in [0.25, 0.3) is 0 Å². The van der Waals surface area contributed by atoms with E-state index in [1.807, 2.05) is 18.2 Å². The second-order valence-corrected chi connectivity index (χ2v) is 10.1. The molecule has 0 bridgehead atoms. The van der Waals surface area contributed by atoms with Crippen LogP contribution in [0.1, 0.15) is 52.7 Å². The predicted molar refractivity (Wildman–Crippen MR) is 127 cm³/mol. The van der Waals surface area contributed by atoms with Crippen LogP contribution in [0.2, 0.25) is 0 Å². The lowest BCUT2D eigenvalue weighted by atomic mass is 9.79. The Morgan fingerprint density at radius 3 is 2.69 bits per heavy atom. The van der Waals surface area contributed by atoms with Crippen molar-refractivity contribution in [1.29, 1.82) is 0 Å². The minimum absolute atomic E-state index is 0.0526. The first-order valence-electron chi connectivity index (χ1n) is 12.2. The van der Waals surface area contributed by atoms with E-state index in [4.69, 9.17) is 9.47 Å². The molecule has 0 aromatic carbocycles. The molecule has 1 atom stereocenters. The third kappa shape index (κ3) is 7.51. The van der Waals surface area contributed by atoms with Crippen molar-refractivity contribution in [2.75, 3.05) is 52.5 Å². The molecule has 2 aliphatic heterocycles. The zero-order valence-electron chi connectivity index (χ0n) is 20.4. The molecule has 1 aromatic heterocycles. The lowest BCUT2D eigenvalue weighted by molar-refractivity contribution is -0.134. The van der Waals surface area contributed by atoms with Crippen LogP contribution in [-0.4, -0.2) is 90.4 Å². The fourth-order valence-corrected chi connectivity index (χ4v) is 4.98. The molecular weight excluding hydrogens is 404 g/mol. The van der Waals surface area contributed by atoms with Gasteiger partial charge in [-0.3, -0.25) is 19.6 Å². The Morgan fingerprint density at radius 2 is 2.03 bits per heavy atom. The van der Waals surface area contributed by atoms with Crippen LogP contribution in [0.3, 0.4) is 0 Å². The van der Waals surface area contributed by atoms with Crippen LogP contribution in [0.15, 0.2) is 24.4 Å². The average molecular weight is 447 g/mol. The highest BCUT2D eigenvalue weighted by molar-refractivity contribution is 5.76. The van der Waals surface area contributed by atoms with Crippen LogP contribution >= 0.6 is 0 Å². The van der Waals surface area contributed by atoms with E-state index in [0.29, 0.717) is 19.4 Å². The van der Waals surface area contributed by atoms with Crippen molar-refractivity contribution in [3.8, 4) is 0 Å². The SMILES string of the molecule is CC(C)OCCN1CCN(C2(CNC(=O)CCc3ccccn3)CCOC(C)(C)C2)CC1. The molecule has 7 nitrogen and oxygen atoms in total. The molecule has 0 saturated carbocycles. The lowest BCUT2D eigenvalue weighted by Gasteiger charge is -2.53. The lowest BCUT2D eigenvalue weighted by Crippen LogP contribution is -2.65. The zero-order valence-corrected chi connectivity index (χ0v) is 20.4. The molecule has 1 aromatic rings. The number of carbonyl (C=O) groups is 1. The van der Waals surface area contributed by atoms with Crippen LogP contribution in [0, 0.1) is 0 Å². The Kier molecular flexibility index (Phi) is 9.05. The first-order valence-corrected chi connectivity index (χ1v) is 12.2. The Hall–Kier alpha value is -1.54. The van der Waals surface area contributed by atoms with E-state index < -0.39 is 0 Å². The summed E-state index contributed by atoms with van der Waals surface area (Å²) in [5.41, 5.74) is 0.726. The van der Waals surface area contributed by atoms with Gasteiger partial charge in [0.05, 0.1) is 18.3 Å². The number of rotatable bonds is 10. The van der Waals surface area contributed by atoms with Gasteiger partial charge >= 0.3 is 0 Å². The summed E-state index contributed by atoms with van der Waals surface area (Å²) in [5, 5.41) is 3.26. The molecule has 180 valence electrons. The molecule has 0 aliphatic carbocycles. The van der Waals surface area contributed by atoms with Gasteiger partial charge in [0, 0.05) is 69.7 Å². The number of pyridine rings is 1. The van der Waals surface area contributed by atoms with Gasteiger partial charge in [-0.1, -0.05) is 6.07 Å². The third-order valence-corrected chi connectivity index (χ3v) is 6.67. The van der Waals surface area contributed by atoms with Gasteiger partial charge in [0.15, 0.2) is 0 Å². The second-order valence-electron chi connectivity index (χ2n) is 10.1.